The Morgan fingerprint density at radius 2 is 0.659 bits per heavy atom. The fourth-order valence-corrected chi connectivity index (χ4v) is 7.14. The fourth-order valence-electron chi connectivity index (χ4n) is 4.98. The maximum atomic E-state index is 12.4. The lowest BCUT2D eigenvalue weighted by Gasteiger charge is -2.23. The van der Waals surface area contributed by atoms with Crippen molar-refractivity contribution in [2.75, 3.05) is 91.0 Å². The third-order valence-corrected chi connectivity index (χ3v) is 10.4. The van der Waals surface area contributed by atoms with Crippen LogP contribution in [-0.4, -0.2) is 111 Å². The van der Waals surface area contributed by atoms with E-state index in [9.17, 15) is 18.9 Å². The summed E-state index contributed by atoms with van der Waals surface area (Å²) in [5, 5.41) is 0. The maximum Gasteiger partial charge on any atom is 0.329 e. The van der Waals surface area contributed by atoms with Crippen LogP contribution < -0.4 is 22.9 Å². The van der Waals surface area contributed by atoms with E-state index in [1.807, 2.05) is 0 Å². The smallest absolute Gasteiger partial charge is 0.329 e. The molecule has 0 aromatic carbocycles. The molecular weight excluding hydrogens is 602 g/mol. The molecule has 2 unspecified atom stereocenters. The average molecular weight is 673 g/mol. The number of hydrogen-bond acceptors (Lipinski definition) is 10. The van der Waals surface area contributed by atoms with Crippen LogP contribution in [0.2, 0.25) is 0 Å². The van der Waals surface area contributed by atoms with E-state index in [1.54, 1.807) is 0 Å². The van der Waals surface area contributed by atoms with Crippen molar-refractivity contribution < 1.29 is 28.0 Å². The molecule has 0 rings (SSSR count). The normalized spacial score (nSPS) is 14.8. The van der Waals surface area contributed by atoms with E-state index < -0.39 is 15.2 Å². The standard InChI is InChI=1S/C30H70N6O6P2/c31-17-13-21-35(22-14-18-32)25-29-43(37,38)41-27-11-9-7-5-3-1-2-4-6-8-10-12-28-42-44(39,40)30-26-36(23-15-19-33)24-16-20-34/h1-34H2,(H,37,38)(H,39,40). The summed E-state index contributed by atoms with van der Waals surface area (Å²) in [6.07, 6.45) is 16.9. The minimum atomic E-state index is -3.56. The monoisotopic (exact) mass is 672 g/mol. The summed E-state index contributed by atoms with van der Waals surface area (Å²) < 4.78 is 35.4. The predicted molar refractivity (Wildman–Crippen MR) is 184 cm³/mol. The molecule has 2 atom stereocenters. The summed E-state index contributed by atoms with van der Waals surface area (Å²) in [5.41, 5.74) is 22.4. The van der Waals surface area contributed by atoms with E-state index in [0.29, 0.717) is 52.5 Å². The summed E-state index contributed by atoms with van der Waals surface area (Å²) in [4.78, 5) is 24.6. The van der Waals surface area contributed by atoms with E-state index in [4.69, 9.17) is 32.0 Å². The van der Waals surface area contributed by atoms with E-state index in [0.717, 1.165) is 90.4 Å². The molecule has 12 nitrogen and oxygen atoms in total. The van der Waals surface area contributed by atoms with Gasteiger partial charge in [-0.05, 0) is 90.9 Å². The largest absolute Gasteiger partial charge is 0.330 e. The molecule has 0 spiro atoms. The molecule has 0 saturated carbocycles. The van der Waals surface area contributed by atoms with Gasteiger partial charge in [-0.1, -0.05) is 64.2 Å². The second-order valence-electron chi connectivity index (χ2n) is 11.9. The van der Waals surface area contributed by atoms with Crippen LogP contribution in [0, 0.1) is 0 Å². The Kier molecular flexibility index (Phi) is 30.4. The van der Waals surface area contributed by atoms with Crippen molar-refractivity contribution in [3.05, 3.63) is 0 Å². The Morgan fingerprint density at radius 1 is 0.409 bits per heavy atom. The van der Waals surface area contributed by atoms with Gasteiger partial charge in [0.25, 0.3) is 0 Å². The Labute approximate surface area is 269 Å². The quantitative estimate of drug-likeness (QED) is 0.0417. The SMILES string of the molecule is NCCCN(CCCN)CCP(=O)(O)OCCCCCCCCCCCCCCOP(=O)(O)CCN(CCCN)CCCN. The lowest BCUT2D eigenvalue weighted by atomic mass is 10.1. The van der Waals surface area contributed by atoms with Gasteiger partial charge in [-0.25, -0.2) is 0 Å². The van der Waals surface area contributed by atoms with Gasteiger partial charge in [0.05, 0.1) is 25.5 Å². The third kappa shape index (κ3) is 29.5. The van der Waals surface area contributed by atoms with Crippen LogP contribution in [-0.2, 0) is 18.2 Å². The molecule has 0 heterocycles. The second-order valence-corrected chi connectivity index (χ2v) is 15.8. The summed E-state index contributed by atoms with van der Waals surface area (Å²) in [6, 6.07) is 0. The summed E-state index contributed by atoms with van der Waals surface area (Å²) >= 11 is 0. The Hall–Kier alpha value is 0.0600. The molecule has 0 aliphatic carbocycles. The minimum Gasteiger partial charge on any atom is -0.330 e. The zero-order valence-electron chi connectivity index (χ0n) is 27.8. The van der Waals surface area contributed by atoms with Crippen LogP contribution >= 0.6 is 15.2 Å². The molecular formula is C30H70N6O6P2. The van der Waals surface area contributed by atoms with Gasteiger partial charge in [0.15, 0.2) is 0 Å². The Balaban J connectivity index is 3.67. The second kappa shape index (κ2) is 30.4. The molecule has 0 aromatic rings. The molecule has 0 aromatic heterocycles. The summed E-state index contributed by atoms with van der Waals surface area (Å²) in [7, 11) is -7.12. The van der Waals surface area contributed by atoms with Crippen molar-refractivity contribution in [3.8, 4) is 0 Å². The highest BCUT2D eigenvalue weighted by atomic mass is 31.2. The van der Waals surface area contributed by atoms with E-state index in [-0.39, 0.29) is 12.3 Å². The van der Waals surface area contributed by atoms with Crippen LogP contribution in [0.3, 0.4) is 0 Å². The van der Waals surface area contributed by atoms with E-state index in [1.165, 1.54) is 38.5 Å². The number of rotatable bonds is 35. The van der Waals surface area contributed by atoms with Crippen molar-refractivity contribution in [1.29, 1.82) is 0 Å². The highest BCUT2D eigenvalue weighted by Crippen LogP contribution is 2.42. The summed E-state index contributed by atoms with van der Waals surface area (Å²) in [6.45, 7) is 7.42. The van der Waals surface area contributed by atoms with Gasteiger partial charge < -0.3 is 51.6 Å². The minimum absolute atomic E-state index is 0.145. The van der Waals surface area contributed by atoms with Crippen molar-refractivity contribution >= 4 is 15.2 Å². The van der Waals surface area contributed by atoms with Gasteiger partial charge in [-0.15, -0.1) is 0 Å². The number of nitrogens with zero attached hydrogens (tertiary/aromatic N) is 2. The highest BCUT2D eigenvalue weighted by molar-refractivity contribution is 7.53. The average Bonchev–Trinajstić information content (AvgIpc) is 3.00. The third-order valence-electron chi connectivity index (χ3n) is 7.74. The van der Waals surface area contributed by atoms with E-state index in [2.05, 4.69) is 9.80 Å². The Bertz CT molecular complexity index is 654. The van der Waals surface area contributed by atoms with Gasteiger partial charge in [-0.2, -0.15) is 0 Å². The molecule has 0 amide bonds. The van der Waals surface area contributed by atoms with Gasteiger partial charge >= 0.3 is 15.2 Å². The zero-order valence-corrected chi connectivity index (χ0v) is 29.6. The van der Waals surface area contributed by atoms with E-state index >= 15 is 0 Å². The molecule has 0 aliphatic heterocycles. The molecule has 14 heteroatoms. The molecule has 266 valence electrons. The first-order valence-corrected chi connectivity index (χ1v) is 20.9. The first-order valence-electron chi connectivity index (χ1n) is 17.4. The van der Waals surface area contributed by atoms with Crippen molar-refractivity contribution in [2.45, 2.75) is 103 Å². The lowest BCUT2D eigenvalue weighted by molar-refractivity contribution is 0.237. The molecule has 0 fully saturated rings. The molecule has 0 bridgehead atoms. The van der Waals surface area contributed by atoms with Crippen LogP contribution in [0.25, 0.3) is 0 Å². The van der Waals surface area contributed by atoms with Gasteiger partial charge in [0.2, 0.25) is 0 Å². The maximum absolute atomic E-state index is 12.4. The van der Waals surface area contributed by atoms with Gasteiger partial charge in [0, 0.05) is 13.1 Å². The Morgan fingerprint density at radius 3 is 0.909 bits per heavy atom. The molecule has 10 N–H and O–H groups in total. The molecule has 0 radical (unpaired) electrons. The topological polar surface area (TPSA) is 204 Å². The fraction of sp³-hybridized carbons (Fsp3) is 1.00. The van der Waals surface area contributed by atoms with Crippen molar-refractivity contribution in [1.82, 2.24) is 9.80 Å². The van der Waals surface area contributed by atoms with Crippen molar-refractivity contribution in [3.63, 3.8) is 0 Å². The van der Waals surface area contributed by atoms with Crippen molar-refractivity contribution in [2.24, 2.45) is 22.9 Å². The van der Waals surface area contributed by atoms with Crippen LogP contribution in [0.15, 0.2) is 0 Å². The van der Waals surface area contributed by atoms with Gasteiger partial charge in [-0.3, -0.25) is 9.13 Å². The van der Waals surface area contributed by atoms with Crippen LogP contribution in [0.1, 0.15) is 103 Å². The van der Waals surface area contributed by atoms with Gasteiger partial charge in [0.1, 0.15) is 0 Å². The predicted octanol–water partition coefficient (Wildman–Crippen LogP) is 4.07. The highest BCUT2D eigenvalue weighted by Gasteiger charge is 2.21. The zero-order chi connectivity index (χ0) is 32.8. The summed E-state index contributed by atoms with van der Waals surface area (Å²) in [5.74, 6) is 0. The number of nitrogens with two attached hydrogens (primary N) is 4. The lowest BCUT2D eigenvalue weighted by Crippen LogP contribution is -2.31. The first-order chi connectivity index (χ1) is 21.2. The number of hydrogen-bond donors (Lipinski definition) is 6. The first kappa shape index (κ1) is 44.1. The molecule has 0 saturated heterocycles. The van der Waals surface area contributed by atoms with Crippen LogP contribution in [0.4, 0.5) is 0 Å². The molecule has 44 heavy (non-hydrogen) atoms. The molecule has 0 aliphatic rings. The van der Waals surface area contributed by atoms with Crippen LogP contribution in [0.5, 0.6) is 0 Å². The number of unbranched alkanes of at least 4 members (excludes halogenated alkanes) is 11.